The van der Waals surface area contributed by atoms with Gasteiger partial charge in [0.05, 0.1) is 12.2 Å². The van der Waals surface area contributed by atoms with Gasteiger partial charge in [-0.3, -0.25) is 0 Å². The number of rotatable bonds is 7. The minimum Gasteiger partial charge on any atom is -0.483 e. The van der Waals surface area contributed by atoms with E-state index in [1.165, 1.54) is 24.3 Å². The van der Waals surface area contributed by atoms with E-state index in [0.717, 1.165) is 23.2 Å². The van der Waals surface area contributed by atoms with E-state index >= 15 is 0 Å². The summed E-state index contributed by atoms with van der Waals surface area (Å²) < 4.78 is 31.9. The Kier molecular flexibility index (Phi) is 6.65. The van der Waals surface area contributed by atoms with Gasteiger partial charge in [0.25, 0.3) is 0 Å². The van der Waals surface area contributed by atoms with Gasteiger partial charge in [-0.05, 0) is 68.3 Å². The Morgan fingerprint density at radius 2 is 1.79 bits per heavy atom. The van der Waals surface area contributed by atoms with Crippen LogP contribution < -0.4 is 10.1 Å². The Morgan fingerprint density at radius 3 is 2.48 bits per heavy atom. The Labute approximate surface area is 193 Å². The maximum absolute atomic E-state index is 13.3. The quantitative estimate of drug-likeness (QED) is 0.478. The van der Waals surface area contributed by atoms with Crippen molar-refractivity contribution in [3.8, 4) is 5.75 Å². The molecule has 2 atom stereocenters. The highest BCUT2D eigenvalue weighted by atomic mass is 19.1. The molecule has 0 radical (unpaired) electrons. The van der Waals surface area contributed by atoms with Crippen molar-refractivity contribution in [2.45, 2.75) is 38.1 Å². The van der Waals surface area contributed by atoms with Crippen LogP contribution in [0.3, 0.4) is 0 Å². The van der Waals surface area contributed by atoms with Crippen LogP contribution in [0.1, 0.15) is 41.4 Å². The Hall–Kier alpha value is -3.38. The molecule has 33 heavy (non-hydrogen) atoms. The highest BCUT2D eigenvalue weighted by molar-refractivity contribution is 5.89. The van der Waals surface area contributed by atoms with Crippen LogP contribution in [0.25, 0.3) is 0 Å². The van der Waals surface area contributed by atoms with Crippen LogP contribution in [-0.2, 0) is 15.9 Å². The van der Waals surface area contributed by atoms with Crippen molar-refractivity contribution in [1.82, 2.24) is 0 Å². The third kappa shape index (κ3) is 5.17. The van der Waals surface area contributed by atoms with Crippen LogP contribution in [0.5, 0.6) is 5.75 Å². The summed E-state index contributed by atoms with van der Waals surface area (Å²) >= 11 is 0. The van der Waals surface area contributed by atoms with E-state index < -0.39 is 29.6 Å². The molecule has 0 aliphatic carbocycles. The van der Waals surface area contributed by atoms with Gasteiger partial charge < -0.3 is 19.5 Å². The lowest BCUT2D eigenvalue weighted by molar-refractivity contribution is -0.139. The molecule has 0 aromatic heterocycles. The first kappa shape index (κ1) is 22.8. The Morgan fingerprint density at radius 1 is 1.06 bits per heavy atom. The smallest absolute Gasteiger partial charge is 0.338 e. The van der Waals surface area contributed by atoms with E-state index in [1.807, 2.05) is 57.3 Å². The van der Waals surface area contributed by atoms with Gasteiger partial charge in [-0.15, -0.1) is 0 Å². The second-order valence-electron chi connectivity index (χ2n) is 8.57. The lowest BCUT2D eigenvalue weighted by Gasteiger charge is -2.43. The molecule has 0 saturated heterocycles. The van der Waals surface area contributed by atoms with Crippen molar-refractivity contribution in [1.29, 1.82) is 0 Å². The Bertz CT molecular complexity index is 1100. The average molecular weight is 450 g/mol. The number of carbonyl (C=O) groups excluding carboxylic acids is 1. The fraction of sp³-hybridized carbons (Fsp3) is 0.296. The molecule has 1 aliphatic heterocycles. The third-order valence-electron chi connectivity index (χ3n) is 5.78. The molecule has 3 aromatic carbocycles. The predicted molar refractivity (Wildman–Crippen MR) is 125 cm³/mol. The van der Waals surface area contributed by atoms with Crippen LogP contribution in [0, 0.1) is 5.82 Å². The number of benzene rings is 3. The molecule has 3 aromatic rings. The largest absolute Gasteiger partial charge is 0.483 e. The fourth-order valence-electron chi connectivity index (χ4n) is 3.99. The zero-order chi connectivity index (χ0) is 23.4. The molecular weight excluding hydrogens is 421 g/mol. The van der Waals surface area contributed by atoms with E-state index in [-0.39, 0.29) is 5.56 Å². The molecule has 2 unspecified atom stereocenters. The normalized spacial score (nSPS) is 18.7. The summed E-state index contributed by atoms with van der Waals surface area (Å²) in [7, 11) is 1.84. The number of esters is 1. The molecule has 6 heteroatoms. The van der Waals surface area contributed by atoms with E-state index in [2.05, 4.69) is 17.4 Å². The van der Waals surface area contributed by atoms with Gasteiger partial charge in [-0.2, -0.15) is 0 Å². The third-order valence-corrected chi connectivity index (χ3v) is 5.78. The van der Waals surface area contributed by atoms with Crippen molar-refractivity contribution >= 4 is 11.7 Å². The molecule has 0 amide bonds. The summed E-state index contributed by atoms with van der Waals surface area (Å²) in [6, 6.07) is 21.1. The zero-order valence-corrected chi connectivity index (χ0v) is 19.0. The maximum Gasteiger partial charge on any atom is 0.338 e. The SMILES string of the molecule is CNc1ccc2c(c1)C(OCCc1ccccc1)C(OC(=O)c1ccc(F)cc1)C(C)(C)O2. The van der Waals surface area contributed by atoms with Crippen LogP contribution in [0.4, 0.5) is 10.1 Å². The van der Waals surface area contributed by atoms with Gasteiger partial charge >= 0.3 is 5.97 Å². The zero-order valence-electron chi connectivity index (χ0n) is 19.0. The number of hydrogen-bond donors (Lipinski definition) is 1. The van der Waals surface area contributed by atoms with Crippen LogP contribution in [0.2, 0.25) is 0 Å². The minimum atomic E-state index is -0.846. The standard InChI is InChI=1S/C27H28FNO4/c1-27(2)25(32-26(30)19-9-11-20(28)12-10-19)24(31-16-15-18-7-5-4-6-8-18)22-17-21(29-3)13-14-23(22)33-27/h4-14,17,24-25,29H,15-16H2,1-3H3. The summed E-state index contributed by atoms with van der Waals surface area (Å²) in [5, 5.41) is 3.13. The van der Waals surface area contributed by atoms with Crippen LogP contribution in [-0.4, -0.2) is 31.3 Å². The predicted octanol–water partition coefficient (Wildman–Crippen LogP) is 5.56. The first-order valence-corrected chi connectivity index (χ1v) is 11.0. The molecule has 0 saturated carbocycles. The molecule has 172 valence electrons. The number of fused-ring (bicyclic) bond motifs is 1. The fourth-order valence-corrected chi connectivity index (χ4v) is 3.99. The van der Waals surface area contributed by atoms with E-state index in [9.17, 15) is 9.18 Å². The molecule has 1 heterocycles. The number of halogens is 1. The van der Waals surface area contributed by atoms with Gasteiger partial charge in [0.15, 0.2) is 6.10 Å². The van der Waals surface area contributed by atoms with E-state index in [1.54, 1.807) is 0 Å². The summed E-state index contributed by atoms with van der Waals surface area (Å²) in [5.41, 5.74) is 2.29. The van der Waals surface area contributed by atoms with E-state index in [4.69, 9.17) is 14.2 Å². The van der Waals surface area contributed by atoms with Crippen LogP contribution >= 0.6 is 0 Å². The van der Waals surface area contributed by atoms with Crippen molar-refractivity contribution in [2.75, 3.05) is 19.0 Å². The van der Waals surface area contributed by atoms with Crippen molar-refractivity contribution < 1.29 is 23.4 Å². The average Bonchev–Trinajstić information content (AvgIpc) is 2.81. The molecule has 4 rings (SSSR count). The number of hydrogen-bond acceptors (Lipinski definition) is 5. The second-order valence-corrected chi connectivity index (χ2v) is 8.57. The second kappa shape index (κ2) is 9.63. The lowest BCUT2D eigenvalue weighted by atomic mass is 9.87. The van der Waals surface area contributed by atoms with Gasteiger partial charge in [0.2, 0.25) is 0 Å². The summed E-state index contributed by atoms with van der Waals surface area (Å²) in [5.74, 6) is -0.275. The Balaban J connectivity index is 1.62. The molecule has 1 N–H and O–H groups in total. The molecule has 0 spiro atoms. The number of carbonyl (C=O) groups is 1. The molecule has 0 bridgehead atoms. The van der Waals surface area contributed by atoms with Crippen molar-refractivity contribution in [3.05, 3.63) is 95.3 Å². The molecule has 5 nitrogen and oxygen atoms in total. The lowest BCUT2D eigenvalue weighted by Crippen LogP contribution is -2.51. The summed E-state index contributed by atoms with van der Waals surface area (Å²) in [6.45, 7) is 4.19. The first-order chi connectivity index (χ1) is 15.9. The monoisotopic (exact) mass is 449 g/mol. The summed E-state index contributed by atoms with van der Waals surface area (Å²) in [4.78, 5) is 12.9. The number of anilines is 1. The van der Waals surface area contributed by atoms with Gasteiger partial charge in [0.1, 0.15) is 23.3 Å². The number of nitrogens with one attached hydrogen (secondary N) is 1. The molecular formula is C27H28FNO4. The molecule has 0 fully saturated rings. The highest BCUT2D eigenvalue weighted by Gasteiger charge is 2.47. The van der Waals surface area contributed by atoms with Crippen LogP contribution in [0.15, 0.2) is 72.8 Å². The highest BCUT2D eigenvalue weighted by Crippen LogP contribution is 2.44. The molecule has 1 aliphatic rings. The van der Waals surface area contributed by atoms with E-state index in [0.29, 0.717) is 12.4 Å². The topological polar surface area (TPSA) is 56.8 Å². The van der Waals surface area contributed by atoms with Gasteiger partial charge in [-0.1, -0.05) is 30.3 Å². The van der Waals surface area contributed by atoms with Crippen molar-refractivity contribution in [3.63, 3.8) is 0 Å². The number of ether oxygens (including phenoxy) is 3. The summed E-state index contributed by atoms with van der Waals surface area (Å²) in [6.07, 6.45) is -0.534. The maximum atomic E-state index is 13.3. The van der Waals surface area contributed by atoms with Gasteiger partial charge in [0, 0.05) is 18.3 Å². The first-order valence-electron chi connectivity index (χ1n) is 11.0. The van der Waals surface area contributed by atoms with Crippen molar-refractivity contribution in [2.24, 2.45) is 0 Å². The van der Waals surface area contributed by atoms with Gasteiger partial charge in [-0.25, -0.2) is 9.18 Å². The minimum absolute atomic E-state index is 0.269.